The van der Waals surface area contributed by atoms with Crippen LogP contribution in [0.3, 0.4) is 0 Å². The summed E-state index contributed by atoms with van der Waals surface area (Å²) in [5.74, 6) is -1.11. The normalized spacial score (nSPS) is 12.6. The first-order valence-corrected chi connectivity index (χ1v) is 10.5. The van der Waals surface area contributed by atoms with Gasteiger partial charge in [-0.25, -0.2) is 4.98 Å². The number of alkyl halides is 3. The number of benzene rings is 1. The van der Waals surface area contributed by atoms with Crippen molar-refractivity contribution < 1.29 is 27.8 Å². The van der Waals surface area contributed by atoms with Gasteiger partial charge in [-0.3, -0.25) is 12.9 Å². The monoisotopic (exact) mass is 596 g/mol. The maximum Gasteiger partial charge on any atom is 0.437 e. The molecule has 176 valence electrons. The molecule has 1 heterocycles. The number of rotatable bonds is 8. The lowest BCUT2D eigenvalue weighted by molar-refractivity contribution is -0.142. The van der Waals surface area contributed by atoms with E-state index in [2.05, 4.69) is 8.51 Å². The Hall–Kier alpha value is -2.76. The SMILES string of the molecule is CO/C(NI)=C(/C=C(\C)CO)Cn1cnc(C(F)(F)F)c(Oc2cc(Cl)cc(C#N)c2)c1=O. The van der Waals surface area contributed by atoms with Gasteiger partial charge in [-0.2, -0.15) is 18.4 Å². The number of hydrogen-bond donors (Lipinski definition) is 2. The molecule has 0 aliphatic carbocycles. The molecule has 0 radical (unpaired) electrons. The van der Waals surface area contributed by atoms with Gasteiger partial charge in [0.2, 0.25) is 5.75 Å². The minimum Gasteiger partial charge on any atom is -0.482 e. The number of hydrogen-bond acceptors (Lipinski definition) is 7. The molecule has 1 aromatic heterocycles. The Labute approximate surface area is 205 Å². The first-order valence-electron chi connectivity index (χ1n) is 9.01. The summed E-state index contributed by atoms with van der Waals surface area (Å²) in [6.07, 6.45) is -2.73. The molecule has 0 aliphatic heterocycles. The van der Waals surface area contributed by atoms with E-state index in [9.17, 15) is 23.1 Å². The zero-order valence-corrected chi connectivity index (χ0v) is 20.1. The second kappa shape index (κ2) is 11.4. The van der Waals surface area contributed by atoms with Crippen LogP contribution in [0.2, 0.25) is 5.02 Å². The Kier molecular flexibility index (Phi) is 9.15. The summed E-state index contributed by atoms with van der Waals surface area (Å²) in [6, 6.07) is 5.40. The van der Waals surface area contributed by atoms with Gasteiger partial charge in [0, 0.05) is 10.6 Å². The highest BCUT2D eigenvalue weighted by Crippen LogP contribution is 2.35. The summed E-state index contributed by atoms with van der Waals surface area (Å²) in [7, 11) is 1.36. The van der Waals surface area contributed by atoms with Crippen molar-refractivity contribution in [1.29, 1.82) is 5.26 Å². The molecule has 33 heavy (non-hydrogen) atoms. The number of allylic oxidation sites excluding steroid dienone is 2. The van der Waals surface area contributed by atoms with Gasteiger partial charge in [0.1, 0.15) is 5.75 Å². The van der Waals surface area contributed by atoms with Crippen LogP contribution in [0.25, 0.3) is 0 Å². The van der Waals surface area contributed by atoms with E-state index in [0.717, 1.165) is 17.0 Å². The average molecular weight is 597 g/mol. The Balaban J connectivity index is 2.66. The number of halogens is 5. The Morgan fingerprint density at radius 1 is 1.42 bits per heavy atom. The average Bonchev–Trinajstić information content (AvgIpc) is 2.75. The summed E-state index contributed by atoms with van der Waals surface area (Å²) in [6.45, 7) is 1.08. The molecule has 2 aromatic rings. The number of methoxy groups -OCH3 is 1. The highest BCUT2D eigenvalue weighted by atomic mass is 127. The number of aliphatic hydroxyl groups excluding tert-OH is 1. The van der Waals surface area contributed by atoms with Gasteiger partial charge in [-0.15, -0.1) is 0 Å². The number of ether oxygens (including phenoxy) is 2. The van der Waals surface area contributed by atoms with Crippen molar-refractivity contribution in [2.45, 2.75) is 19.6 Å². The minimum atomic E-state index is -4.99. The van der Waals surface area contributed by atoms with Gasteiger partial charge in [0.05, 0.1) is 61.1 Å². The molecule has 0 atom stereocenters. The minimum absolute atomic E-state index is 0.0305. The molecule has 0 unspecified atom stereocenters. The van der Waals surface area contributed by atoms with Crippen LogP contribution in [0.4, 0.5) is 13.2 Å². The zero-order chi connectivity index (χ0) is 24.8. The molecule has 13 heteroatoms. The van der Waals surface area contributed by atoms with Gasteiger partial charge in [0.15, 0.2) is 11.6 Å². The van der Waals surface area contributed by atoms with Crippen LogP contribution in [-0.2, 0) is 17.5 Å². The molecule has 1 aromatic carbocycles. The van der Waals surface area contributed by atoms with Crippen molar-refractivity contribution in [2.75, 3.05) is 13.7 Å². The Morgan fingerprint density at radius 3 is 2.67 bits per heavy atom. The zero-order valence-electron chi connectivity index (χ0n) is 17.2. The third-order valence-electron chi connectivity index (χ3n) is 4.08. The molecule has 8 nitrogen and oxygen atoms in total. The van der Waals surface area contributed by atoms with E-state index in [4.69, 9.17) is 26.3 Å². The van der Waals surface area contributed by atoms with Gasteiger partial charge in [-0.1, -0.05) is 17.7 Å². The molecule has 2 N–H and O–H groups in total. The summed E-state index contributed by atoms with van der Waals surface area (Å²) >= 11 is 7.67. The third-order valence-corrected chi connectivity index (χ3v) is 4.79. The van der Waals surface area contributed by atoms with Crippen molar-refractivity contribution in [3.8, 4) is 17.6 Å². The van der Waals surface area contributed by atoms with Crippen molar-refractivity contribution >= 4 is 34.5 Å². The maximum absolute atomic E-state index is 13.6. The smallest absolute Gasteiger partial charge is 0.437 e. The second-order valence-electron chi connectivity index (χ2n) is 6.54. The van der Waals surface area contributed by atoms with Crippen LogP contribution in [0, 0.1) is 11.3 Å². The molecular formula is C20H17ClF3IN4O4. The molecule has 2 rings (SSSR count). The van der Waals surface area contributed by atoms with Crippen LogP contribution in [0.15, 0.2) is 52.4 Å². The van der Waals surface area contributed by atoms with Crippen molar-refractivity contribution in [2.24, 2.45) is 0 Å². The summed E-state index contributed by atoms with van der Waals surface area (Å²) in [5.41, 5.74) is -1.77. The van der Waals surface area contributed by atoms with E-state index in [-0.39, 0.29) is 35.4 Å². The molecular weight excluding hydrogens is 580 g/mol. The number of nitrogens with one attached hydrogen (secondary N) is 1. The molecule has 0 fully saturated rings. The van der Waals surface area contributed by atoms with E-state index in [1.165, 1.54) is 25.3 Å². The predicted molar refractivity (Wildman–Crippen MR) is 122 cm³/mol. The quantitative estimate of drug-likeness (QED) is 0.202. The lowest BCUT2D eigenvalue weighted by Crippen LogP contribution is -2.27. The third kappa shape index (κ3) is 6.86. The first kappa shape index (κ1) is 26.5. The number of aliphatic hydroxyl groups is 1. The molecule has 0 saturated heterocycles. The Morgan fingerprint density at radius 2 is 2.12 bits per heavy atom. The van der Waals surface area contributed by atoms with Crippen LogP contribution in [-0.4, -0.2) is 28.4 Å². The first-order chi connectivity index (χ1) is 15.5. The van der Waals surface area contributed by atoms with Gasteiger partial charge < -0.3 is 14.6 Å². The molecule has 0 saturated carbocycles. The molecule has 0 spiro atoms. The topological polar surface area (TPSA) is 109 Å². The number of nitriles is 1. The van der Waals surface area contributed by atoms with Crippen LogP contribution in [0.1, 0.15) is 18.2 Å². The molecule has 0 bridgehead atoms. The second-order valence-corrected chi connectivity index (χ2v) is 7.52. The van der Waals surface area contributed by atoms with Gasteiger partial charge in [0.25, 0.3) is 5.56 Å². The molecule has 0 amide bonds. The number of nitrogens with zero attached hydrogens (tertiary/aromatic N) is 3. The van der Waals surface area contributed by atoms with Gasteiger partial charge in [-0.05, 0) is 30.7 Å². The van der Waals surface area contributed by atoms with Crippen LogP contribution in [0.5, 0.6) is 11.5 Å². The molecule has 0 aliphatic rings. The highest BCUT2D eigenvalue weighted by Gasteiger charge is 2.38. The number of aromatic nitrogens is 2. The van der Waals surface area contributed by atoms with E-state index >= 15 is 0 Å². The summed E-state index contributed by atoms with van der Waals surface area (Å²) in [5, 5.41) is 18.4. The fraction of sp³-hybridized carbons (Fsp3) is 0.250. The fourth-order valence-corrected chi connectivity index (χ4v) is 3.41. The van der Waals surface area contributed by atoms with Crippen LogP contribution < -0.4 is 13.8 Å². The van der Waals surface area contributed by atoms with E-state index in [0.29, 0.717) is 11.1 Å². The maximum atomic E-state index is 13.6. The van der Waals surface area contributed by atoms with Crippen LogP contribution >= 0.6 is 34.5 Å². The van der Waals surface area contributed by atoms with E-state index in [1.807, 2.05) is 0 Å². The standard InChI is InChI=1S/C20H17ClF3IN4O4/c1-11(9-30)3-13(18(28-25)32-2)8-29-10-27-17(20(22,23)24)16(19(29)31)33-15-5-12(7-26)4-14(21)6-15/h3-6,10,28,30H,8-9H2,1-2H3/b11-3+,18-13-. The summed E-state index contributed by atoms with van der Waals surface area (Å²) < 4.78 is 54.8. The predicted octanol–water partition coefficient (Wildman–Crippen LogP) is 4.32. The van der Waals surface area contributed by atoms with E-state index < -0.39 is 23.2 Å². The largest absolute Gasteiger partial charge is 0.482 e. The van der Waals surface area contributed by atoms with Crippen molar-refractivity contribution in [3.63, 3.8) is 0 Å². The fourth-order valence-electron chi connectivity index (χ4n) is 2.62. The highest BCUT2D eigenvalue weighted by molar-refractivity contribution is 14.1. The lowest BCUT2D eigenvalue weighted by Gasteiger charge is -2.16. The van der Waals surface area contributed by atoms with Crippen molar-refractivity contribution in [1.82, 2.24) is 13.1 Å². The summed E-state index contributed by atoms with van der Waals surface area (Å²) in [4.78, 5) is 16.4. The van der Waals surface area contributed by atoms with E-state index in [1.54, 1.807) is 35.9 Å². The Bertz CT molecular complexity index is 1180. The van der Waals surface area contributed by atoms with Crippen molar-refractivity contribution in [3.05, 3.63) is 74.3 Å². The van der Waals surface area contributed by atoms with Gasteiger partial charge >= 0.3 is 6.18 Å². The lowest BCUT2D eigenvalue weighted by atomic mass is 10.1.